The monoisotopic (exact) mass is 702 g/mol. The number of rotatable bonds is 12. The lowest BCUT2D eigenvalue weighted by Crippen LogP contribution is -2.46. The Morgan fingerprint density at radius 1 is 0.961 bits per heavy atom. The summed E-state index contributed by atoms with van der Waals surface area (Å²) in [6, 6.07) is 17.6. The zero-order valence-electron chi connectivity index (χ0n) is 27.7. The molecule has 1 N–H and O–H groups in total. The van der Waals surface area contributed by atoms with Gasteiger partial charge in [-0.1, -0.05) is 6.92 Å². The minimum atomic E-state index is -1.53. The molecule has 0 saturated carbocycles. The average Bonchev–Trinajstić information content (AvgIpc) is 3.90. The van der Waals surface area contributed by atoms with Crippen molar-refractivity contribution in [3.8, 4) is 11.4 Å². The number of nitrogens with zero attached hydrogens (tertiary/aromatic N) is 8. The van der Waals surface area contributed by atoms with Crippen molar-refractivity contribution in [1.82, 2.24) is 29.1 Å². The molecule has 3 aromatic carbocycles. The van der Waals surface area contributed by atoms with Crippen LogP contribution in [0.2, 0.25) is 0 Å². The number of halogens is 2. The highest BCUT2D eigenvalue weighted by Gasteiger charge is 2.46. The van der Waals surface area contributed by atoms with Crippen molar-refractivity contribution in [1.29, 1.82) is 0 Å². The minimum Gasteiger partial charge on any atom is -0.491 e. The average molecular weight is 703 g/mol. The normalized spacial score (nSPS) is 19.7. The Hall–Kier alpha value is -5.61. The highest BCUT2D eigenvalue weighted by molar-refractivity contribution is 5.71. The van der Waals surface area contributed by atoms with Crippen LogP contribution in [0.15, 0.2) is 90.5 Å². The van der Waals surface area contributed by atoms with Crippen molar-refractivity contribution in [2.45, 2.75) is 37.8 Å². The van der Waals surface area contributed by atoms with Crippen LogP contribution >= 0.6 is 0 Å². The van der Waals surface area contributed by atoms with Gasteiger partial charge in [-0.25, -0.2) is 32.6 Å². The summed E-state index contributed by atoms with van der Waals surface area (Å²) in [4.78, 5) is 32.8. The molecule has 0 spiro atoms. The number of hydrogen-bond acceptors (Lipinski definition) is 10. The lowest BCUT2D eigenvalue weighted by molar-refractivity contribution is -0.192. The van der Waals surface area contributed by atoms with E-state index in [0.717, 1.165) is 54.4 Å². The quantitative estimate of drug-likeness (QED) is 0.204. The van der Waals surface area contributed by atoms with E-state index in [1.165, 1.54) is 34.3 Å². The van der Waals surface area contributed by atoms with Crippen molar-refractivity contribution >= 4 is 17.3 Å². The lowest BCUT2D eigenvalue weighted by atomic mass is 10.0. The Morgan fingerprint density at radius 3 is 2.24 bits per heavy atom. The van der Waals surface area contributed by atoms with E-state index in [9.17, 15) is 23.5 Å². The van der Waals surface area contributed by atoms with Crippen LogP contribution < -0.4 is 20.2 Å². The van der Waals surface area contributed by atoms with Gasteiger partial charge in [0.2, 0.25) is 5.79 Å². The summed E-state index contributed by atoms with van der Waals surface area (Å²) in [7, 11) is 0. The molecule has 0 amide bonds. The van der Waals surface area contributed by atoms with Crippen molar-refractivity contribution in [3.63, 3.8) is 0 Å². The van der Waals surface area contributed by atoms with Crippen LogP contribution in [-0.2, 0) is 26.6 Å². The van der Waals surface area contributed by atoms with Crippen LogP contribution in [0.3, 0.4) is 0 Å². The SMILES string of the molecule is CCC(C(=O)O)n1ncn(-c2ccc(N3CCN(c4ccc(OCC5COC(Cn6cncn6)(c6ccc(F)cc6F)O5)cc4)CC3)cc2)c1=O. The molecule has 2 aliphatic rings. The molecule has 0 aliphatic carbocycles. The number of piperazine rings is 1. The van der Waals surface area contributed by atoms with Gasteiger partial charge >= 0.3 is 11.7 Å². The first-order valence-electron chi connectivity index (χ1n) is 16.5. The minimum absolute atomic E-state index is 0.0166. The number of anilines is 2. The third-order valence-electron chi connectivity index (χ3n) is 9.11. The Morgan fingerprint density at radius 2 is 1.63 bits per heavy atom. The van der Waals surface area contributed by atoms with Crippen LogP contribution in [0.1, 0.15) is 24.9 Å². The second-order valence-corrected chi connectivity index (χ2v) is 12.3. The number of benzene rings is 3. The van der Waals surface area contributed by atoms with Gasteiger partial charge in [-0.2, -0.15) is 14.9 Å². The van der Waals surface area contributed by atoms with Crippen molar-refractivity contribution in [3.05, 3.63) is 113 Å². The molecule has 14 nitrogen and oxygen atoms in total. The fraction of sp³-hybridized carbons (Fsp3) is 0.343. The number of aliphatic carboxylic acids is 1. The zero-order chi connectivity index (χ0) is 35.5. The number of carboxylic acid groups (broad SMARTS) is 1. The summed E-state index contributed by atoms with van der Waals surface area (Å²) < 4.78 is 50.6. The highest BCUT2D eigenvalue weighted by atomic mass is 19.1. The Kier molecular flexibility index (Phi) is 9.51. The van der Waals surface area contributed by atoms with Crippen molar-refractivity contribution < 1.29 is 32.9 Å². The molecule has 266 valence electrons. The smallest absolute Gasteiger partial charge is 0.351 e. The molecule has 2 fully saturated rings. The number of carboxylic acids is 1. The summed E-state index contributed by atoms with van der Waals surface area (Å²) in [5.74, 6) is -3.47. The highest BCUT2D eigenvalue weighted by Crippen LogP contribution is 2.38. The predicted molar refractivity (Wildman–Crippen MR) is 180 cm³/mol. The van der Waals surface area contributed by atoms with E-state index in [1.807, 2.05) is 48.5 Å². The van der Waals surface area contributed by atoms with Crippen LogP contribution in [0.4, 0.5) is 20.2 Å². The standard InChI is InChI=1S/C35H36F2N8O6/c1-2-32(33(46)47)45-34(48)44(23-40-45)27-6-4-25(5-7-27)41-13-15-42(16-14-41)26-8-10-28(11-9-26)49-18-29-19-50-35(51-29,20-43-22-38-21-39-43)30-12-3-24(36)17-31(30)37/h3-12,17,21-23,29,32H,2,13-16,18-20H2,1H3,(H,46,47). The Bertz CT molecular complexity index is 2010. The van der Waals surface area contributed by atoms with Gasteiger partial charge in [-0.3, -0.25) is 0 Å². The molecule has 5 aromatic rings. The number of aromatic nitrogens is 6. The van der Waals surface area contributed by atoms with Gasteiger partial charge in [0, 0.05) is 49.2 Å². The summed E-state index contributed by atoms with van der Waals surface area (Å²) in [6.45, 7) is 5.16. The van der Waals surface area contributed by atoms with E-state index in [0.29, 0.717) is 11.4 Å². The number of ether oxygens (including phenoxy) is 3. The molecule has 3 atom stereocenters. The molecular weight excluding hydrogens is 666 g/mol. The molecule has 2 saturated heterocycles. The van der Waals surface area contributed by atoms with E-state index in [1.54, 1.807) is 6.92 Å². The molecule has 16 heteroatoms. The molecule has 0 radical (unpaired) electrons. The molecule has 0 bridgehead atoms. The fourth-order valence-electron chi connectivity index (χ4n) is 6.43. The van der Waals surface area contributed by atoms with Gasteiger partial charge in [0.05, 0.1) is 12.3 Å². The Labute approximate surface area is 291 Å². The van der Waals surface area contributed by atoms with E-state index in [-0.39, 0.29) is 31.7 Å². The van der Waals surface area contributed by atoms with Crippen molar-refractivity contribution in [2.24, 2.45) is 0 Å². The van der Waals surface area contributed by atoms with Gasteiger partial charge in [0.1, 0.15) is 55.6 Å². The summed E-state index contributed by atoms with van der Waals surface area (Å²) >= 11 is 0. The molecule has 51 heavy (non-hydrogen) atoms. The first-order valence-corrected chi connectivity index (χ1v) is 16.5. The summed E-state index contributed by atoms with van der Waals surface area (Å²) in [5.41, 5.74) is 2.25. The molecule has 7 rings (SSSR count). The van der Waals surface area contributed by atoms with Gasteiger partial charge in [-0.15, -0.1) is 0 Å². The molecular formula is C35H36F2N8O6. The van der Waals surface area contributed by atoms with E-state index < -0.39 is 41.2 Å². The second-order valence-electron chi connectivity index (χ2n) is 12.3. The third kappa shape index (κ3) is 7.05. The summed E-state index contributed by atoms with van der Waals surface area (Å²) in [6.07, 6.45) is 3.89. The second kappa shape index (κ2) is 14.3. The van der Waals surface area contributed by atoms with Crippen LogP contribution in [0, 0.1) is 11.6 Å². The van der Waals surface area contributed by atoms with Crippen LogP contribution in [0.5, 0.6) is 5.75 Å². The van der Waals surface area contributed by atoms with Gasteiger partial charge < -0.3 is 29.1 Å². The maximum Gasteiger partial charge on any atom is 0.351 e. The van der Waals surface area contributed by atoms with Gasteiger partial charge in [0.15, 0.2) is 6.04 Å². The van der Waals surface area contributed by atoms with E-state index >= 15 is 0 Å². The molecule has 2 aliphatic heterocycles. The predicted octanol–water partition coefficient (Wildman–Crippen LogP) is 3.61. The van der Waals surface area contributed by atoms with Crippen LogP contribution in [-0.4, -0.2) is 85.7 Å². The Balaban J connectivity index is 0.925. The van der Waals surface area contributed by atoms with Gasteiger partial charge in [0.25, 0.3) is 0 Å². The molecule has 2 aromatic heterocycles. The third-order valence-corrected chi connectivity index (χ3v) is 9.11. The number of hydrogen-bond donors (Lipinski definition) is 1. The van der Waals surface area contributed by atoms with Gasteiger partial charge in [-0.05, 0) is 67.1 Å². The zero-order valence-corrected chi connectivity index (χ0v) is 27.7. The van der Waals surface area contributed by atoms with E-state index in [4.69, 9.17) is 14.2 Å². The topological polar surface area (TPSA) is 142 Å². The number of carbonyl (C=O) groups is 1. The van der Waals surface area contributed by atoms with Crippen LogP contribution in [0.25, 0.3) is 5.69 Å². The maximum absolute atomic E-state index is 14.9. The maximum atomic E-state index is 14.9. The lowest BCUT2D eigenvalue weighted by Gasteiger charge is -2.37. The van der Waals surface area contributed by atoms with Crippen molar-refractivity contribution in [2.75, 3.05) is 49.2 Å². The van der Waals surface area contributed by atoms with E-state index in [2.05, 4.69) is 25.0 Å². The first kappa shape index (κ1) is 33.9. The largest absolute Gasteiger partial charge is 0.491 e. The fourth-order valence-corrected chi connectivity index (χ4v) is 6.43. The summed E-state index contributed by atoms with van der Waals surface area (Å²) in [5, 5.41) is 17.5. The molecule has 4 heterocycles. The first-order chi connectivity index (χ1) is 24.7. The molecule has 3 unspecified atom stereocenters.